The zero-order valence-electron chi connectivity index (χ0n) is 14.2. The molecule has 0 N–H and O–H groups in total. The molecule has 0 spiro atoms. The summed E-state index contributed by atoms with van der Waals surface area (Å²) in [6.45, 7) is 4.00. The number of amides is 1. The Morgan fingerprint density at radius 3 is 2.58 bits per heavy atom. The van der Waals surface area contributed by atoms with Crippen molar-refractivity contribution in [2.45, 2.75) is 6.92 Å². The minimum Gasteiger partial charge on any atom is -0.378 e. The Balaban J connectivity index is 1.74. The van der Waals surface area contributed by atoms with Crippen molar-refractivity contribution in [3.63, 3.8) is 0 Å². The van der Waals surface area contributed by atoms with Crippen LogP contribution >= 0.6 is 0 Å². The molecule has 3 aromatic rings. The lowest BCUT2D eigenvalue weighted by atomic mass is 10.1. The number of hydrogen-bond donors (Lipinski definition) is 0. The third-order valence-corrected chi connectivity index (χ3v) is 4.53. The van der Waals surface area contributed by atoms with Gasteiger partial charge in [-0.2, -0.15) is 0 Å². The molecule has 5 nitrogen and oxygen atoms in total. The highest BCUT2D eigenvalue weighted by atomic mass is 19.2. The number of morpholine rings is 1. The van der Waals surface area contributed by atoms with Gasteiger partial charge < -0.3 is 9.64 Å². The molecule has 134 valence electrons. The topological polar surface area (TPSA) is 47.4 Å². The molecular weight excluding hydrogens is 340 g/mol. The SMILES string of the molecule is Cc1nc2cc(C(=O)N3CCOCC3)ccc2n1-c1ccc(F)c(F)c1. The lowest BCUT2D eigenvalue weighted by Crippen LogP contribution is -2.40. The van der Waals surface area contributed by atoms with Crippen molar-refractivity contribution in [2.24, 2.45) is 0 Å². The first kappa shape index (κ1) is 16.7. The van der Waals surface area contributed by atoms with Crippen LogP contribution in [0.15, 0.2) is 36.4 Å². The molecule has 1 aliphatic heterocycles. The highest BCUT2D eigenvalue weighted by molar-refractivity contribution is 5.97. The molecule has 1 amide bonds. The van der Waals surface area contributed by atoms with Crippen LogP contribution in [0.4, 0.5) is 8.78 Å². The van der Waals surface area contributed by atoms with Crippen molar-refractivity contribution in [3.8, 4) is 5.69 Å². The summed E-state index contributed by atoms with van der Waals surface area (Å²) < 4.78 is 33.8. The second-order valence-corrected chi connectivity index (χ2v) is 6.20. The summed E-state index contributed by atoms with van der Waals surface area (Å²) in [4.78, 5) is 18.9. The van der Waals surface area contributed by atoms with Gasteiger partial charge in [-0.15, -0.1) is 0 Å². The number of aryl methyl sites for hydroxylation is 1. The van der Waals surface area contributed by atoms with Crippen LogP contribution in [0.2, 0.25) is 0 Å². The van der Waals surface area contributed by atoms with Gasteiger partial charge in [0.25, 0.3) is 5.91 Å². The number of imidazole rings is 1. The molecule has 2 aromatic carbocycles. The minimum atomic E-state index is -0.914. The van der Waals surface area contributed by atoms with Crippen LogP contribution in [-0.4, -0.2) is 46.7 Å². The number of fused-ring (bicyclic) bond motifs is 1. The average Bonchev–Trinajstić information content (AvgIpc) is 2.99. The third kappa shape index (κ3) is 2.84. The first-order chi connectivity index (χ1) is 12.5. The number of nitrogens with zero attached hydrogens (tertiary/aromatic N) is 3. The molecule has 1 aromatic heterocycles. The molecule has 26 heavy (non-hydrogen) atoms. The molecule has 0 radical (unpaired) electrons. The minimum absolute atomic E-state index is 0.0600. The molecule has 0 bridgehead atoms. The Bertz CT molecular complexity index is 994. The van der Waals surface area contributed by atoms with Crippen molar-refractivity contribution in [1.29, 1.82) is 0 Å². The number of halogens is 2. The summed E-state index contributed by atoms with van der Waals surface area (Å²) in [5, 5.41) is 0. The van der Waals surface area contributed by atoms with Gasteiger partial charge in [0.05, 0.1) is 29.9 Å². The van der Waals surface area contributed by atoms with E-state index < -0.39 is 11.6 Å². The largest absolute Gasteiger partial charge is 0.378 e. The summed E-state index contributed by atoms with van der Waals surface area (Å²) in [6, 6.07) is 8.97. The second-order valence-electron chi connectivity index (χ2n) is 6.20. The molecule has 1 fully saturated rings. The van der Waals surface area contributed by atoms with E-state index in [-0.39, 0.29) is 5.91 Å². The lowest BCUT2D eigenvalue weighted by molar-refractivity contribution is 0.0303. The van der Waals surface area contributed by atoms with E-state index in [4.69, 9.17) is 4.74 Å². The molecule has 2 heterocycles. The lowest BCUT2D eigenvalue weighted by Gasteiger charge is -2.26. The average molecular weight is 357 g/mol. The third-order valence-electron chi connectivity index (χ3n) is 4.53. The van der Waals surface area contributed by atoms with E-state index in [0.29, 0.717) is 48.9 Å². The van der Waals surface area contributed by atoms with Gasteiger partial charge in [-0.25, -0.2) is 13.8 Å². The Kier molecular flexibility index (Phi) is 4.16. The van der Waals surface area contributed by atoms with Crippen LogP contribution in [0, 0.1) is 18.6 Å². The van der Waals surface area contributed by atoms with Gasteiger partial charge in [-0.05, 0) is 37.3 Å². The molecule has 0 unspecified atom stereocenters. The number of ether oxygens (including phenoxy) is 1. The van der Waals surface area contributed by atoms with Crippen molar-refractivity contribution in [1.82, 2.24) is 14.5 Å². The summed E-state index contributed by atoms with van der Waals surface area (Å²) in [6.07, 6.45) is 0. The van der Waals surface area contributed by atoms with Crippen LogP contribution in [0.1, 0.15) is 16.2 Å². The van der Waals surface area contributed by atoms with Crippen LogP contribution in [-0.2, 0) is 4.74 Å². The monoisotopic (exact) mass is 357 g/mol. The number of hydrogen-bond acceptors (Lipinski definition) is 3. The molecular formula is C19H17F2N3O2. The molecule has 0 aliphatic carbocycles. The molecule has 4 rings (SSSR count). The van der Waals surface area contributed by atoms with Crippen molar-refractivity contribution in [2.75, 3.05) is 26.3 Å². The van der Waals surface area contributed by atoms with E-state index in [1.807, 2.05) is 0 Å². The zero-order chi connectivity index (χ0) is 18.3. The van der Waals surface area contributed by atoms with Gasteiger partial charge in [0.1, 0.15) is 5.82 Å². The number of benzene rings is 2. The van der Waals surface area contributed by atoms with E-state index in [1.54, 1.807) is 34.6 Å². The van der Waals surface area contributed by atoms with Gasteiger partial charge in [-0.1, -0.05) is 0 Å². The standard InChI is InChI=1S/C19H17F2N3O2/c1-12-22-17-10-13(19(25)23-6-8-26-9-7-23)2-5-18(17)24(12)14-3-4-15(20)16(21)11-14/h2-5,10-11H,6-9H2,1H3. The molecule has 0 saturated carbocycles. The fourth-order valence-electron chi connectivity index (χ4n) is 3.23. The zero-order valence-corrected chi connectivity index (χ0v) is 14.2. The maximum absolute atomic E-state index is 13.6. The predicted molar refractivity (Wildman–Crippen MR) is 92.4 cm³/mol. The molecule has 1 saturated heterocycles. The summed E-state index contributed by atoms with van der Waals surface area (Å²) in [5.41, 5.74) is 2.39. The summed E-state index contributed by atoms with van der Waals surface area (Å²) >= 11 is 0. The molecule has 7 heteroatoms. The van der Waals surface area contributed by atoms with Crippen LogP contribution in [0.5, 0.6) is 0 Å². The van der Waals surface area contributed by atoms with Crippen LogP contribution in [0.3, 0.4) is 0 Å². The quantitative estimate of drug-likeness (QED) is 0.708. The number of carbonyl (C=O) groups excluding carboxylic acids is 1. The molecule has 0 atom stereocenters. The Morgan fingerprint density at radius 2 is 1.85 bits per heavy atom. The highest BCUT2D eigenvalue weighted by Gasteiger charge is 2.20. The number of aromatic nitrogens is 2. The van der Waals surface area contributed by atoms with Crippen LogP contribution < -0.4 is 0 Å². The number of carbonyl (C=O) groups is 1. The maximum atomic E-state index is 13.6. The van der Waals surface area contributed by atoms with E-state index in [1.165, 1.54) is 6.07 Å². The highest BCUT2D eigenvalue weighted by Crippen LogP contribution is 2.24. The van der Waals surface area contributed by atoms with Gasteiger partial charge >= 0.3 is 0 Å². The Morgan fingerprint density at radius 1 is 1.08 bits per heavy atom. The van der Waals surface area contributed by atoms with Gasteiger partial charge in [0.15, 0.2) is 11.6 Å². The maximum Gasteiger partial charge on any atom is 0.254 e. The normalized spacial score (nSPS) is 14.8. The van der Waals surface area contributed by atoms with Gasteiger partial charge in [0.2, 0.25) is 0 Å². The van der Waals surface area contributed by atoms with E-state index in [2.05, 4.69) is 4.98 Å². The van der Waals surface area contributed by atoms with Crippen molar-refractivity contribution in [3.05, 3.63) is 59.4 Å². The fraction of sp³-hybridized carbons (Fsp3) is 0.263. The van der Waals surface area contributed by atoms with E-state index >= 15 is 0 Å². The smallest absolute Gasteiger partial charge is 0.254 e. The summed E-state index contributed by atoms with van der Waals surface area (Å²) in [7, 11) is 0. The van der Waals surface area contributed by atoms with Gasteiger partial charge in [0, 0.05) is 24.7 Å². The summed E-state index contributed by atoms with van der Waals surface area (Å²) in [5.74, 6) is -1.24. The molecule has 1 aliphatic rings. The van der Waals surface area contributed by atoms with Crippen LogP contribution in [0.25, 0.3) is 16.7 Å². The Labute approximate surface area is 148 Å². The first-order valence-corrected chi connectivity index (χ1v) is 8.36. The predicted octanol–water partition coefficient (Wildman–Crippen LogP) is 3.08. The Hall–Kier alpha value is -2.80. The number of rotatable bonds is 2. The van der Waals surface area contributed by atoms with Crippen molar-refractivity contribution < 1.29 is 18.3 Å². The second kappa shape index (κ2) is 6.49. The van der Waals surface area contributed by atoms with Gasteiger partial charge in [-0.3, -0.25) is 9.36 Å². The van der Waals surface area contributed by atoms with Crippen molar-refractivity contribution >= 4 is 16.9 Å². The fourth-order valence-corrected chi connectivity index (χ4v) is 3.23. The first-order valence-electron chi connectivity index (χ1n) is 8.36. The van der Waals surface area contributed by atoms with E-state index in [0.717, 1.165) is 17.6 Å². The van der Waals surface area contributed by atoms with E-state index in [9.17, 15) is 13.6 Å².